The van der Waals surface area contributed by atoms with Gasteiger partial charge in [-0.05, 0) is 48.9 Å². The fraction of sp³-hybridized carbons (Fsp3) is 0.136. The van der Waals surface area contributed by atoms with Crippen molar-refractivity contribution in [3.8, 4) is 5.69 Å². The maximum Gasteiger partial charge on any atom is 0.335 e. The summed E-state index contributed by atoms with van der Waals surface area (Å²) >= 11 is 0. The summed E-state index contributed by atoms with van der Waals surface area (Å²) in [6, 6.07) is 18.7. The zero-order chi connectivity index (χ0) is 19.7. The molecule has 140 valence electrons. The molecule has 6 heteroatoms. The maximum absolute atomic E-state index is 13.3. The zero-order valence-electron chi connectivity index (χ0n) is 15.7. The van der Waals surface area contributed by atoms with Crippen LogP contribution >= 0.6 is 0 Å². The van der Waals surface area contributed by atoms with Crippen LogP contribution in [-0.4, -0.2) is 26.9 Å². The van der Waals surface area contributed by atoms with Gasteiger partial charge in [-0.25, -0.2) is 14.3 Å². The Morgan fingerprint density at radius 3 is 2.57 bits per heavy atom. The minimum atomic E-state index is -0.188. The molecule has 28 heavy (non-hydrogen) atoms. The van der Waals surface area contributed by atoms with Crippen LogP contribution < -0.4 is 11.0 Å². The standard InChI is InChI=1S/C22H20N4O2/c1-15(27)17-5-3-6-19(13-17)26-21-20(7-4-12-24-21)25(22(26)28)14-16-8-10-18(23-2)11-9-16/h3-13,23H,14H2,1-2H3. The van der Waals surface area contributed by atoms with E-state index < -0.39 is 0 Å². The van der Waals surface area contributed by atoms with Crippen LogP contribution in [0.5, 0.6) is 0 Å². The highest BCUT2D eigenvalue weighted by Crippen LogP contribution is 2.18. The van der Waals surface area contributed by atoms with Crippen molar-refractivity contribution in [1.29, 1.82) is 0 Å². The van der Waals surface area contributed by atoms with Crippen molar-refractivity contribution < 1.29 is 4.79 Å². The van der Waals surface area contributed by atoms with E-state index in [0.717, 1.165) is 16.8 Å². The SMILES string of the molecule is CNc1ccc(Cn2c(=O)n(-c3cccc(C(C)=O)c3)c3ncccc32)cc1. The number of aromatic nitrogens is 3. The van der Waals surface area contributed by atoms with Gasteiger partial charge >= 0.3 is 5.69 Å². The molecule has 0 saturated heterocycles. The van der Waals surface area contributed by atoms with Crippen molar-refractivity contribution >= 4 is 22.6 Å². The van der Waals surface area contributed by atoms with Crippen molar-refractivity contribution in [2.45, 2.75) is 13.5 Å². The molecular weight excluding hydrogens is 352 g/mol. The molecule has 0 aliphatic carbocycles. The third-order valence-electron chi connectivity index (χ3n) is 4.79. The molecule has 0 saturated carbocycles. The van der Waals surface area contributed by atoms with Crippen LogP contribution in [0.1, 0.15) is 22.8 Å². The summed E-state index contributed by atoms with van der Waals surface area (Å²) in [6.45, 7) is 1.95. The Morgan fingerprint density at radius 2 is 1.86 bits per heavy atom. The highest BCUT2D eigenvalue weighted by Gasteiger charge is 2.16. The molecule has 2 aromatic carbocycles. The van der Waals surface area contributed by atoms with Crippen molar-refractivity contribution in [1.82, 2.24) is 14.1 Å². The second-order valence-corrected chi connectivity index (χ2v) is 6.60. The molecule has 0 spiro atoms. The predicted molar refractivity (Wildman–Crippen MR) is 110 cm³/mol. The molecule has 1 N–H and O–H groups in total. The molecule has 0 bridgehead atoms. The second kappa shape index (κ2) is 7.15. The number of benzene rings is 2. The van der Waals surface area contributed by atoms with Gasteiger partial charge in [0.2, 0.25) is 0 Å². The van der Waals surface area contributed by atoms with Gasteiger partial charge in [0.05, 0.1) is 17.7 Å². The minimum Gasteiger partial charge on any atom is -0.388 e. The smallest absolute Gasteiger partial charge is 0.335 e. The van der Waals surface area contributed by atoms with Gasteiger partial charge in [-0.1, -0.05) is 24.3 Å². The van der Waals surface area contributed by atoms with Gasteiger partial charge in [0.15, 0.2) is 11.4 Å². The Hall–Kier alpha value is -3.67. The zero-order valence-corrected chi connectivity index (χ0v) is 15.7. The summed E-state index contributed by atoms with van der Waals surface area (Å²) in [5, 5.41) is 3.09. The Morgan fingerprint density at radius 1 is 1.07 bits per heavy atom. The predicted octanol–water partition coefficient (Wildman–Crippen LogP) is 3.48. The van der Waals surface area contributed by atoms with Gasteiger partial charge in [-0.15, -0.1) is 0 Å². The second-order valence-electron chi connectivity index (χ2n) is 6.60. The quantitative estimate of drug-likeness (QED) is 0.545. The Kier molecular flexibility index (Phi) is 4.53. The van der Waals surface area contributed by atoms with Crippen LogP contribution in [0, 0.1) is 0 Å². The fourth-order valence-corrected chi connectivity index (χ4v) is 3.29. The highest BCUT2D eigenvalue weighted by atomic mass is 16.2. The lowest BCUT2D eigenvalue weighted by molar-refractivity contribution is 0.101. The molecule has 4 rings (SSSR count). The van der Waals surface area contributed by atoms with E-state index in [-0.39, 0.29) is 11.5 Å². The first-order valence-electron chi connectivity index (χ1n) is 9.03. The van der Waals surface area contributed by atoms with Crippen molar-refractivity contribution in [2.75, 3.05) is 12.4 Å². The molecule has 0 amide bonds. The van der Waals surface area contributed by atoms with Crippen LogP contribution in [0.2, 0.25) is 0 Å². The number of fused-ring (bicyclic) bond motifs is 1. The number of hydrogen-bond donors (Lipinski definition) is 1. The summed E-state index contributed by atoms with van der Waals surface area (Å²) in [7, 11) is 1.87. The first kappa shape index (κ1) is 17.7. The number of hydrogen-bond acceptors (Lipinski definition) is 4. The molecule has 2 aromatic heterocycles. The third kappa shape index (κ3) is 3.09. The van der Waals surface area contributed by atoms with E-state index in [4.69, 9.17) is 0 Å². The Balaban J connectivity index is 1.87. The van der Waals surface area contributed by atoms with Gasteiger partial charge in [-0.2, -0.15) is 0 Å². The maximum atomic E-state index is 13.3. The number of pyridine rings is 1. The average Bonchev–Trinajstić information content (AvgIpc) is 3.00. The summed E-state index contributed by atoms with van der Waals surface area (Å²) in [4.78, 5) is 29.5. The van der Waals surface area contributed by atoms with Crippen molar-refractivity contribution in [3.63, 3.8) is 0 Å². The van der Waals surface area contributed by atoms with Crippen molar-refractivity contribution in [2.24, 2.45) is 0 Å². The lowest BCUT2D eigenvalue weighted by Crippen LogP contribution is -2.24. The first-order valence-corrected chi connectivity index (χ1v) is 9.03. The largest absolute Gasteiger partial charge is 0.388 e. The van der Waals surface area contributed by atoms with E-state index in [0.29, 0.717) is 23.4 Å². The summed E-state index contributed by atoms with van der Waals surface area (Å²) in [5.41, 5.74) is 4.35. The number of carbonyl (C=O) groups is 1. The number of Topliss-reactive ketones (excluding diaryl/α,β-unsaturated/α-hetero) is 1. The molecule has 0 radical (unpaired) electrons. The van der Waals surface area contributed by atoms with Crippen molar-refractivity contribution in [3.05, 3.63) is 88.5 Å². The van der Waals surface area contributed by atoms with Gasteiger partial charge in [-0.3, -0.25) is 9.36 Å². The number of carbonyl (C=O) groups excluding carboxylic acids is 1. The van der Waals surface area contributed by atoms with Gasteiger partial charge in [0, 0.05) is 24.5 Å². The Labute approximate surface area is 162 Å². The number of ketones is 1. The van der Waals surface area contributed by atoms with E-state index in [1.807, 2.05) is 49.5 Å². The molecule has 0 unspecified atom stereocenters. The molecule has 0 aliphatic heterocycles. The normalized spacial score (nSPS) is 10.9. The Bertz CT molecular complexity index is 1220. The summed E-state index contributed by atoms with van der Waals surface area (Å²) in [6.07, 6.45) is 1.67. The molecule has 2 heterocycles. The highest BCUT2D eigenvalue weighted by molar-refractivity contribution is 5.94. The fourth-order valence-electron chi connectivity index (χ4n) is 3.29. The van der Waals surface area contributed by atoms with Crippen LogP contribution in [0.15, 0.2) is 71.7 Å². The van der Waals surface area contributed by atoms with Gasteiger partial charge in [0.1, 0.15) is 0 Å². The van der Waals surface area contributed by atoms with E-state index in [2.05, 4.69) is 10.3 Å². The van der Waals surface area contributed by atoms with Crippen LogP contribution in [0.25, 0.3) is 16.9 Å². The number of imidazole rings is 1. The summed E-state index contributed by atoms with van der Waals surface area (Å²) in [5.74, 6) is -0.0452. The molecule has 4 aromatic rings. The van der Waals surface area contributed by atoms with Gasteiger partial charge < -0.3 is 5.32 Å². The number of rotatable bonds is 5. The van der Waals surface area contributed by atoms with Crippen LogP contribution in [0.3, 0.4) is 0 Å². The average molecular weight is 372 g/mol. The van der Waals surface area contributed by atoms with E-state index in [1.165, 1.54) is 6.92 Å². The van der Waals surface area contributed by atoms with Gasteiger partial charge in [0.25, 0.3) is 0 Å². The molecule has 0 atom stereocenters. The minimum absolute atomic E-state index is 0.0452. The summed E-state index contributed by atoms with van der Waals surface area (Å²) < 4.78 is 3.26. The number of nitrogens with zero attached hydrogens (tertiary/aromatic N) is 3. The number of anilines is 1. The molecule has 6 nitrogen and oxygen atoms in total. The third-order valence-corrected chi connectivity index (χ3v) is 4.79. The lowest BCUT2D eigenvalue weighted by atomic mass is 10.1. The van der Waals surface area contributed by atoms with E-state index in [1.54, 1.807) is 33.5 Å². The van der Waals surface area contributed by atoms with E-state index in [9.17, 15) is 9.59 Å². The molecule has 0 fully saturated rings. The number of nitrogens with one attached hydrogen (secondary N) is 1. The van der Waals surface area contributed by atoms with Crippen LogP contribution in [-0.2, 0) is 6.54 Å². The van der Waals surface area contributed by atoms with Crippen LogP contribution in [0.4, 0.5) is 5.69 Å². The molecule has 0 aliphatic rings. The van der Waals surface area contributed by atoms with E-state index >= 15 is 0 Å². The first-order chi connectivity index (χ1) is 13.6. The topological polar surface area (TPSA) is 68.9 Å². The molecular formula is C22H20N4O2. The monoisotopic (exact) mass is 372 g/mol. The lowest BCUT2D eigenvalue weighted by Gasteiger charge is -2.06.